The van der Waals surface area contributed by atoms with Gasteiger partial charge in [0.25, 0.3) is 0 Å². The van der Waals surface area contributed by atoms with Crippen molar-refractivity contribution in [2.45, 2.75) is 48.7 Å². The molecule has 1 aliphatic carbocycles. The Labute approximate surface area is 224 Å². The molecular weight excluding hydrogens is 533 g/mol. The Morgan fingerprint density at radius 1 is 1.10 bits per heavy atom. The molecule has 1 N–H and O–H groups in total. The quantitative estimate of drug-likeness (QED) is 0.465. The van der Waals surface area contributed by atoms with Crippen molar-refractivity contribution in [2.75, 3.05) is 24.8 Å². The normalized spacial score (nSPS) is 16.4. The minimum atomic E-state index is -4.71. The number of amides is 2. The Kier molecular flexibility index (Phi) is 6.78. The number of halogens is 3. The zero-order valence-corrected chi connectivity index (χ0v) is 22.2. The summed E-state index contributed by atoms with van der Waals surface area (Å²) in [5.41, 5.74) is 0.809. The van der Waals surface area contributed by atoms with Crippen molar-refractivity contribution in [1.82, 2.24) is 15.3 Å². The number of nitrogens with one attached hydrogen (secondary N) is 1. The maximum atomic E-state index is 13.9. The van der Waals surface area contributed by atoms with E-state index in [0.29, 0.717) is 12.2 Å². The molecule has 0 bridgehead atoms. The largest absolute Gasteiger partial charge is 0.480 e. The van der Waals surface area contributed by atoms with E-state index in [0.717, 1.165) is 49.4 Å². The van der Waals surface area contributed by atoms with Crippen molar-refractivity contribution in [1.29, 1.82) is 0 Å². The predicted octanol–water partition coefficient (Wildman–Crippen LogP) is 5.12. The van der Waals surface area contributed by atoms with E-state index in [-0.39, 0.29) is 39.9 Å². The van der Waals surface area contributed by atoms with E-state index >= 15 is 0 Å². The van der Waals surface area contributed by atoms with Gasteiger partial charge in [0.1, 0.15) is 6.33 Å². The molecule has 0 unspecified atom stereocenters. The maximum absolute atomic E-state index is 13.9. The highest BCUT2D eigenvalue weighted by atomic mass is 32.2. The highest BCUT2D eigenvalue weighted by molar-refractivity contribution is 7.90. The second-order valence-corrected chi connectivity index (χ2v) is 12.0. The molecular formula is C27H27F3N4O4S. The number of urea groups is 1. The summed E-state index contributed by atoms with van der Waals surface area (Å²) in [7, 11) is -2.06. The number of carbonyl (C=O) groups is 1. The molecule has 1 spiro atoms. The molecule has 1 saturated carbocycles. The molecule has 1 aromatic heterocycles. The average molecular weight is 561 g/mol. The second kappa shape index (κ2) is 9.82. The molecule has 2 heterocycles. The standard InChI is InChI=1S/C27H27F3N4O4S/c1-38-24-22(23(27(28,29)30)32-16-33-24)18-7-10-21-20(13-18)26(11-3-4-12-26)15-34(21)25(35)31-14-17-5-8-19(9-6-17)39(2,36)37/h5-10,13,16H,3-4,11-12,14-15H2,1-2H3,(H,31,35). The monoisotopic (exact) mass is 560 g/mol. The SMILES string of the molecule is COc1ncnc(C(F)(F)F)c1-c1ccc2c(c1)C1(CCCC1)CN2C(=O)NCc1ccc(S(C)(=O)=O)cc1. The number of carbonyl (C=O) groups excluding carboxylic acids is 1. The lowest BCUT2D eigenvalue weighted by Crippen LogP contribution is -2.41. The van der Waals surface area contributed by atoms with Crippen molar-refractivity contribution in [3.63, 3.8) is 0 Å². The van der Waals surface area contributed by atoms with E-state index in [4.69, 9.17) is 4.74 Å². The average Bonchev–Trinajstić information content (AvgIpc) is 3.51. The first-order valence-electron chi connectivity index (χ1n) is 12.4. The molecule has 3 aromatic rings. The molecule has 39 heavy (non-hydrogen) atoms. The van der Waals surface area contributed by atoms with Crippen LogP contribution in [0.25, 0.3) is 11.1 Å². The van der Waals surface area contributed by atoms with E-state index < -0.39 is 21.7 Å². The Morgan fingerprint density at radius 2 is 1.79 bits per heavy atom. The first-order valence-corrected chi connectivity index (χ1v) is 14.3. The van der Waals surface area contributed by atoms with Crippen molar-refractivity contribution in [2.24, 2.45) is 0 Å². The van der Waals surface area contributed by atoms with Crippen LogP contribution in [0.1, 0.15) is 42.5 Å². The molecule has 8 nitrogen and oxygen atoms in total. The summed E-state index contributed by atoms with van der Waals surface area (Å²) >= 11 is 0. The molecule has 5 rings (SSSR count). The van der Waals surface area contributed by atoms with Crippen molar-refractivity contribution in [3.05, 3.63) is 65.6 Å². The van der Waals surface area contributed by atoms with Gasteiger partial charge in [0.05, 0.1) is 17.6 Å². The molecule has 1 aliphatic heterocycles. The van der Waals surface area contributed by atoms with Crippen LogP contribution in [-0.2, 0) is 28.0 Å². The molecule has 2 amide bonds. The van der Waals surface area contributed by atoms with Crippen LogP contribution in [0.2, 0.25) is 0 Å². The summed E-state index contributed by atoms with van der Waals surface area (Å²) in [6.45, 7) is 0.604. The van der Waals surface area contributed by atoms with Crippen LogP contribution in [0.3, 0.4) is 0 Å². The minimum Gasteiger partial charge on any atom is -0.480 e. The van der Waals surface area contributed by atoms with E-state index in [1.54, 1.807) is 29.2 Å². The lowest BCUT2D eigenvalue weighted by molar-refractivity contribution is -0.140. The number of anilines is 1. The van der Waals surface area contributed by atoms with Gasteiger partial charge in [-0.05, 0) is 53.8 Å². The van der Waals surface area contributed by atoms with E-state index in [1.807, 2.05) is 0 Å². The molecule has 0 radical (unpaired) electrons. The molecule has 2 aromatic carbocycles. The number of nitrogens with zero attached hydrogens (tertiary/aromatic N) is 3. The van der Waals surface area contributed by atoms with E-state index in [9.17, 15) is 26.4 Å². The Morgan fingerprint density at radius 3 is 2.41 bits per heavy atom. The van der Waals surface area contributed by atoms with E-state index in [1.165, 1.54) is 25.3 Å². The zero-order valence-electron chi connectivity index (χ0n) is 21.4. The smallest absolute Gasteiger partial charge is 0.434 e. The minimum absolute atomic E-state index is 0.174. The number of fused-ring (bicyclic) bond motifs is 2. The number of ether oxygens (including phenoxy) is 1. The fourth-order valence-corrected chi connectivity index (χ4v) is 6.24. The van der Waals surface area contributed by atoms with Crippen LogP contribution < -0.4 is 15.0 Å². The van der Waals surface area contributed by atoms with Crippen LogP contribution in [0.15, 0.2) is 53.7 Å². The molecule has 12 heteroatoms. The maximum Gasteiger partial charge on any atom is 0.434 e. The molecule has 0 atom stereocenters. The third-order valence-corrected chi connectivity index (χ3v) is 8.61. The number of alkyl halides is 3. The lowest BCUT2D eigenvalue weighted by Gasteiger charge is -2.25. The number of methoxy groups -OCH3 is 1. The van der Waals surface area contributed by atoms with Gasteiger partial charge in [-0.25, -0.2) is 23.2 Å². The summed E-state index contributed by atoms with van der Waals surface area (Å²) in [5, 5.41) is 2.89. The van der Waals surface area contributed by atoms with E-state index in [2.05, 4.69) is 15.3 Å². The van der Waals surface area contributed by atoms with Crippen LogP contribution in [-0.4, -0.2) is 44.3 Å². The Bertz CT molecular complexity index is 1520. The van der Waals surface area contributed by atoms with Gasteiger partial charge in [-0.15, -0.1) is 0 Å². The number of aromatic nitrogens is 2. The first-order chi connectivity index (χ1) is 18.4. The second-order valence-electron chi connectivity index (χ2n) is 9.98. The van der Waals surface area contributed by atoms with Gasteiger partial charge in [-0.1, -0.05) is 31.0 Å². The third-order valence-electron chi connectivity index (χ3n) is 7.48. The van der Waals surface area contributed by atoms with Gasteiger partial charge in [-0.3, -0.25) is 4.90 Å². The summed E-state index contributed by atoms with van der Waals surface area (Å²) in [6.07, 6.45) is 0.792. The predicted molar refractivity (Wildman–Crippen MR) is 138 cm³/mol. The zero-order chi connectivity index (χ0) is 28.0. The van der Waals surface area contributed by atoms with Crippen LogP contribution >= 0.6 is 0 Å². The van der Waals surface area contributed by atoms with Crippen LogP contribution in [0.5, 0.6) is 5.88 Å². The number of benzene rings is 2. The summed E-state index contributed by atoms with van der Waals surface area (Å²) < 4.78 is 70.1. The van der Waals surface area contributed by atoms with Crippen LogP contribution in [0, 0.1) is 0 Å². The van der Waals surface area contributed by atoms with Crippen molar-refractivity contribution in [3.8, 4) is 17.0 Å². The third kappa shape index (κ3) is 5.05. The Hall–Kier alpha value is -3.67. The number of hydrogen-bond acceptors (Lipinski definition) is 6. The number of sulfone groups is 1. The van der Waals surface area contributed by atoms with Crippen molar-refractivity contribution < 1.29 is 31.1 Å². The number of rotatable bonds is 5. The van der Waals surface area contributed by atoms with Crippen LogP contribution in [0.4, 0.5) is 23.7 Å². The molecule has 1 fully saturated rings. The molecule has 206 valence electrons. The highest BCUT2D eigenvalue weighted by Gasteiger charge is 2.47. The van der Waals surface area contributed by atoms with Gasteiger partial charge in [0.15, 0.2) is 15.5 Å². The fourth-order valence-electron chi connectivity index (χ4n) is 5.61. The van der Waals surface area contributed by atoms with Gasteiger partial charge >= 0.3 is 12.2 Å². The summed E-state index contributed by atoms with van der Waals surface area (Å²) in [6, 6.07) is 10.9. The summed E-state index contributed by atoms with van der Waals surface area (Å²) in [4.78, 5) is 22.6. The lowest BCUT2D eigenvalue weighted by atomic mass is 9.80. The Balaban J connectivity index is 1.47. The van der Waals surface area contributed by atoms with Crippen molar-refractivity contribution >= 4 is 21.6 Å². The van der Waals surface area contributed by atoms with Gasteiger partial charge in [-0.2, -0.15) is 13.2 Å². The van der Waals surface area contributed by atoms with Gasteiger partial charge in [0, 0.05) is 30.4 Å². The first kappa shape index (κ1) is 26.9. The highest BCUT2D eigenvalue weighted by Crippen LogP contribution is 2.52. The topological polar surface area (TPSA) is 101 Å². The number of hydrogen-bond donors (Lipinski definition) is 1. The van der Waals surface area contributed by atoms with Gasteiger partial charge < -0.3 is 10.1 Å². The fraction of sp³-hybridized carbons (Fsp3) is 0.370. The molecule has 0 saturated heterocycles. The summed E-state index contributed by atoms with van der Waals surface area (Å²) in [5.74, 6) is -0.174. The molecule has 2 aliphatic rings. The van der Waals surface area contributed by atoms with Gasteiger partial charge in [0.2, 0.25) is 5.88 Å².